The van der Waals surface area contributed by atoms with Gasteiger partial charge in [-0.25, -0.2) is 12.8 Å². The Morgan fingerprint density at radius 3 is 2.62 bits per heavy atom. The van der Waals surface area contributed by atoms with E-state index in [1.54, 1.807) is 0 Å². The number of nitrogen functional groups attached to an aromatic ring is 1. The zero-order valence-corrected chi connectivity index (χ0v) is 12.9. The second-order valence-corrected chi connectivity index (χ2v) is 6.84. The number of anilines is 2. The fourth-order valence-corrected chi connectivity index (χ4v) is 3.07. The lowest BCUT2D eigenvalue weighted by Gasteiger charge is -2.08. The standard InChI is InChI=1S/C12H14ClFN4O2S/c1-6(2)9-5-11(17-16-9)18-21(19,20)10-4-7(15)3-8(13)12(10)14/h3-6H,15H2,1-2H3,(H2,16,17,18). The molecule has 21 heavy (non-hydrogen) atoms. The molecule has 0 spiro atoms. The molecule has 1 heterocycles. The number of halogens is 2. The van der Waals surface area contributed by atoms with Crippen molar-refractivity contribution in [2.45, 2.75) is 24.7 Å². The van der Waals surface area contributed by atoms with E-state index in [4.69, 9.17) is 17.3 Å². The van der Waals surface area contributed by atoms with Crippen molar-refractivity contribution < 1.29 is 12.8 Å². The SMILES string of the molecule is CC(C)c1cc(NS(=O)(=O)c2cc(N)cc(Cl)c2F)n[nH]1. The number of H-pyrrole nitrogens is 1. The average molecular weight is 333 g/mol. The quantitative estimate of drug-likeness (QED) is 0.749. The molecule has 6 nitrogen and oxygen atoms in total. The zero-order valence-electron chi connectivity index (χ0n) is 11.3. The number of hydrogen-bond donors (Lipinski definition) is 3. The molecule has 1 aromatic heterocycles. The van der Waals surface area contributed by atoms with Crippen LogP contribution < -0.4 is 10.5 Å². The van der Waals surface area contributed by atoms with Gasteiger partial charge in [0.25, 0.3) is 10.0 Å². The van der Waals surface area contributed by atoms with Crippen LogP contribution in [0.25, 0.3) is 0 Å². The highest BCUT2D eigenvalue weighted by Crippen LogP contribution is 2.27. The highest BCUT2D eigenvalue weighted by atomic mass is 35.5. The molecule has 0 bridgehead atoms. The van der Waals surface area contributed by atoms with Gasteiger partial charge >= 0.3 is 0 Å². The molecule has 0 radical (unpaired) electrons. The number of hydrogen-bond acceptors (Lipinski definition) is 4. The molecule has 0 amide bonds. The number of nitrogens with zero attached hydrogens (tertiary/aromatic N) is 1. The lowest BCUT2D eigenvalue weighted by Crippen LogP contribution is -2.15. The number of benzene rings is 1. The van der Waals surface area contributed by atoms with E-state index in [2.05, 4.69) is 14.9 Å². The van der Waals surface area contributed by atoms with Crippen LogP contribution in [0.2, 0.25) is 5.02 Å². The summed E-state index contributed by atoms with van der Waals surface area (Å²) in [7, 11) is -4.17. The van der Waals surface area contributed by atoms with Crippen LogP contribution in [0.4, 0.5) is 15.9 Å². The maximum absolute atomic E-state index is 13.9. The Kier molecular flexibility index (Phi) is 4.11. The fraction of sp³-hybridized carbons (Fsp3) is 0.250. The smallest absolute Gasteiger partial charge is 0.266 e. The van der Waals surface area contributed by atoms with Crippen molar-refractivity contribution >= 4 is 33.1 Å². The van der Waals surface area contributed by atoms with E-state index in [0.29, 0.717) is 0 Å². The Morgan fingerprint density at radius 1 is 1.38 bits per heavy atom. The van der Waals surface area contributed by atoms with Crippen molar-refractivity contribution in [1.82, 2.24) is 10.2 Å². The Balaban J connectivity index is 2.38. The second-order valence-electron chi connectivity index (χ2n) is 4.78. The predicted molar refractivity (Wildman–Crippen MR) is 79.3 cm³/mol. The third kappa shape index (κ3) is 3.27. The first-order valence-electron chi connectivity index (χ1n) is 6.03. The Hall–Kier alpha value is -1.80. The maximum Gasteiger partial charge on any atom is 0.266 e. The van der Waals surface area contributed by atoms with Gasteiger partial charge in [0.2, 0.25) is 0 Å². The van der Waals surface area contributed by atoms with Gasteiger partial charge in [-0.15, -0.1) is 0 Å². The van der Waals surface area contributed by atoms with Gasteiger partial charge in [0.05, 0.1) is 5.02 Å². The highest BCUT2D eigenvalue weighted by Gasteiger charge is 2.23. The first-order valence-corrected chi connectivity index (χ1v) is 7.89. The molecule has 1 aromatic carbocycles. The molecule has 0 aliphatic heterocycles. The molecule has 0 aliphatic carbocycles. The van der Waals surface area contributed by atoms with Gasteiger partial charge in [-0.1, -0.05) is 25.4 Å². The van der Waals surface area contributed by atoms with E-state index in [1.165, 1.54) is 6.07 Å². The minimum absolute atomic E-state index is 0.0478. The number of aromatic nitrogens is 2. The summed E-state index contributed by atoms with van der Waals surface area (Å²) in [5, 5.41) is 6.16. The summed E-state index contributed by atoms with van der Waals surface area (Å²) in [5.41, 5.74) is 6.29. The minimum atomic E-state index is -4.17. The van der Waals surface area contributed by atoms with Crippen LogP contribution in [0.15, 0.2) is 23.1 Å². The molecule has 2 rings (SSSR count). The van der Waals surface area contributed by atoms with E-state index >= 15 is 0 Å². The zero-order chi connectivity index (χ0) is 15.8. The molecule has 0 saturated heterocycles. The van der Waals surface area contributed by atoms with Crippen LogP contribution >= 0.6 is 11.6 Å². The lowest BCUT2D eigenvalue weighted by atomic mass is 10.1. The summed E-state index contributed by atoms with van der Waals surface area (Å²) in [6.07, 6.45) is 0. The van der Waals surface area contributed by atoms with Crippen LogP contribution in [0, 0.1) is 5.82 Å². The third-order valence-corrected chi connectivity index (χ3v) is 4.39. The van der Waals surface area contributed by atoms with Gasteiger partial charge in [-0.2, -0.15) is 5.10 Å². The highest BCUT2D eigenvalue weighted by molar-refractivity contribution is 7.92. The van der Waals surface area contributed by atoms with Crippen molar-refractivity contribution in [2.75, 3.05) is 10.5 Å². The van der Waals surface area contributed by atoms with Crippen LogP contribution in [0.3, 0.4) is 0 Å². The van der Waals surface area contributed by atoms with Crippen molar-refractivity contribution in [1.29, 1.82) is 0 Å². The Labute approximate surface area is 126 Å². The van der Waals surface area contributed by atoms with Gasteiger partial charge in [0.1, 0.15) is 4.90 Å². The van der Waals surface area contributed by atoms with Crippen molar-refractivity contribution in [3.05, 3.63) is 34.7 Å². The van der Waals surface area contributed by atoms with Crippen LogP contribution in [0.1, 0.15) is 25.5 Å². The molecule has 4 N–H and O–H groups in total. The lowest BCUT2D eigenvalue weighted by molar-refractivity contribution is 0.570. The maximum atomic E-state index is 13.9. The monoisotopic (exact) mass is 332 g/mol. The van der Waals surface area contributed by atoms with Crippen LogP contribution in [0.5, 0.6) is 0 Å². The molecule has 0 unspecified atom stereocenters. The van der Waals surface area contributed by atoms with Crippen LogP contribution in [-0.2, 0) is 10.0 Å². The fourth-order valence-electron chi connectivity index (χ4n) is 1.66. The summed E-state index contributed by atoms with van der Waals surface area (Å²) < 4.78 is 40.4. The number of sulfonamides is 1. The van der Waals surface area contributed by atoms with E-state index in [9.17, 15) is 12.8 Å². The predicted octanol–water partition coefficient (Wildman–Crippen LogP) is 2.71. The van der Waals surface area contributed by atoms with Crippen molar-refractivity contribution in [2.24, 2.45) is 0 Å². The van der Waals surface area contributed by atoms with E-state index in [0.717, 1.165) is 17.8 Å². The molecule has 0 saturated carbocycles. The third-order valence-electron chi connectivity index (χ3n) is 2.77. The summed E-state index contributed by atoms with van der Waals surface area (Å²) in [6.45, 7) is 3.84. The van der Waals surface area contributed by atoms with E-state index < -0.39 is 20.7 Å². The van der Waals surface area contributed by atoms with E-state index in [-0.39, 0.29) is 22.4 Å². The average Bonchev–Trinajstić information content (AvgIpc) is 2.81. The van der Waals surface area contributed by atoms with Gasteiger partial charge in [-0.05, 0) is 18.1 Å². The number of rotatable bonds is 4. The number of nitrogens with one attached hydrogen (secondary N) is 2. The summed E-state index contributed by atoms with van der Waals surface area (Å²) in [5.74, 6) is -0.844. The number of nitrogens with two attached hydrogens (primary N) is 1. The van der Waals surface area contributed by atoms with Crippen LogP contribution in [-0.4, -0.2) is 18.6 Å². The van der Waals surface area contributed by atoms with Crippen molar-refractivity contribution in [3.8, 4) is 0 Å². The summed E-state index contributed by atoms with van der Waals surface area (Å²) >= 11 is 5.60. The molecular formula is C12H14ClFN4O2S. The molecule has 0 fully saturated rings. The first-order chi connectivity index (χ1) is 9.70. The normalized spacial score (nSPS) is 11.9. The molecule has 114 valence electrons. The van der Waals surface area contributed by atoms with Gasteiger partial charge < -0.3 is 5.73 Å². The molecule has 0 atom stereocenters. The molecular weight excluding hydrogens is 319 g/mol. The van der Waals surface area contributed by atoms with E-state index in [1.807, 2.05) is 13.8 Å². The van der Waals surface area contributed by atoms with Gasteiger partial charge in [-0.3, -0.25) is 9.82 Å². The topological polar surface area (TPSA) is 101 Å². The van der Waals surface area contributed by atoms with Crippen molar-refractivity contribution in [3.63, 3.8) is 0 Å². The summed E-state index contributed by atoms with van der Waals surface area (Å²) in [4.78, 5) is -0.624. The molecule has 2 aromatic rings. The molecule has 9 heteroatoms. The Bertz CT molecular complexity index is 774. The Morgan fingerprint density at radius 2 is 2.05 bits per heavy atom. The largest absolute Gasteiger partial charge is 0.399 e. The minimum Gasteiger partial charge on any atom is -0.399 e. The van der Waals surface area contributed by atoms with Gasteiger partial charge in [0.15, 0.2) is 11.6 Å². The van der Waals surface area contributed by atoms with Gasteiger partial charge in [0, 0.05) is 17.4 Å². The summed E-state index contributed by atoms with van der Waals surface area (Å²) in [6, 6.07) is 3.68. The molecule has 0 aliphatic rings. The number of aromatic amines is 1. The first kappa shape index (κ1) is 15.6. The second kappa shape index (κ2) is 5.53.